The first-order valence-corrected chi connectivity index (χ1v) is 7.81. The Kier molecular flexibility index (Phi) is 4.48. The predicted octanol–water partition coefficient (Wildman–Crippen LogP) is 2.48. The SMILES string of the molecule is Cc1ccc(C(=O)NCC(=O)NC2CCC(C)(C)C2)s1. The van der Waals surface area contributed by atoms with E-state index in [9.17, 15) is 9.59 Å². The molecule has 1 aromatic heterocycles. The zero-order valence-electron chi connectivity index (χ0n) is 12.3. The van der Waals surface area contributed by atoms with E-state index in [-0.39, 0.29) is 24.4 Å². The van der Waals surface area contributed by atoms with Gasteiger partial charge < -0.3 is 10.6 Å². The number of carbonyl (C=O) groups is 2. The Morgan fingerprint density at radius 1 is 1.40 bits per heavy atom. The van der Waals surface area contributed by atoms with E-state index in [4.69, 9.17) is 0 Å². The number of amides is 2. The normalized spacial score (nSPS) is 20.6. The van der Waals surface area contributed by atoms with E-state index in [0.29, 0.717) is 10.3 Å². The zero-order valence-corrected chi connectivity index (χ0v) is 13.1. The summed E-state index contributed by atoms with van der Waals surface area (Å²) < 4.78 is 0. The standard InChI is InChI=1S/C15H22N2O2S/c1-10-4-5-12(20-10)14(19)16-9-13(18)17-11-6-7-15(2,3)8-11/h4-5,11H,6-9H2,1-3H3,(H,16,19)(H,17,18). The molecule has 1 aliphatic rings. The van der Waals surface area contributed by atoms with Gasteiger partial charge in [-0.25, -0.2) is 0 Å². The Bertz CT molecular complexity index is 508. The molecule has 2 amide bonds. The molecule has 0 aliphatic heterocycles. The van der Waals surface area contributed by atoms with E-state index in [0.717, 1.165) is 24.1 Å². The first-order chi connectivity index (χ1) is 9.35. The van der Waals surface area contributed by atoms with Crippen molar-refractivity contribution in [3.63, 3.8) is 0 Å². The lowest BCUT2D eigenvalue weighted by Gasteiger charge is -2.17. The smallest absolute Gasteiger partial charge is 0.261 e. The van der Waals surface area contributed by atoms with E-state index in [1.54, 1.807) is 6.07 Å². The molecule has 0 radical (unpaired) electrons. The fraction of sp³-hybridized carbons (Fsp3) is 0.600. The van der Waals surface area contributed by atoms with Crippen LogP contribution in [0.2, 0.25) is 0 Å². The molecule has 1 atom stereocenters. The fourth-order valence-electron chi connectivity index (χ4n) is 2.64. The van der Waals surface area contributed by atoms with Crippen LogP contribution in [0.15, 0.2) is 12.1 Å². The summed E-state index contributed by atoms with van der Waals surface area (Å²) >= 11 is 1.44. The summed E-state index contributed by atoms with van der Waals surface area (Å²) in [7, 11) is 0. The molecule has 1 saturated carbocycles. The van der Waals surface area contributed by atoms with Gasteiger partial charge in [0.2, 0.25) is 5.91 Å². The van der Waals surface area contributed by atoms with Crippen LogP contribution in [-0.4, -0.2) is 24.4 Å². The number of thiophene rings is 1. The molecule has 5 heteroatoms. The molecule has 1 aliphatic carbocycles. The van der Waals surface area contributed by atoms with Crippen molar-refractivity contribution in [1.29, 1.82) is 0 Å². The Morgan fingerprint density at radius 2 is 2.15 bits per heavy atom. The summed E-state index contributed by atoms with van der Waals surface area (Å²) in [5.41, 5.74) is 0.315. The van der Waals surface area contributed by atoms with Crippen molar-refractivity contribution >= 4 is 23.2 Å². The molecule has 2 N–H and O–H groups in total. The van der Waals surface area contributed by atoms with Gasteiger partial charge in [0.1, 0.15) is 0 Å². The molecule has 1 aromatic rings. The number of aryl methyl sites for hydroxylation is 1. The van der Waals surface area contributed by atoms with Crippen molar-refractivity contribution in [3.05, 3.63) is 21.9 Å². The lowest BCUT2D eigenvalue weighted by atomic mass is 9.92. The van der Waals surface area contributed by atoms with Crippen LogP contribution in [-0.2, 0) is 4.79 Å². The average Bonchev–Trinajstić information content (AvgIpc) is 2.92. The number of nitrogens with one attached hydrogen (secondary N) is 2. The highest BCUT2D eigenvalue weighted by atomic mass is 32.1. The van der Waals surface area contributed by atoms with Crippen molar-refractivity contribution in [2.75, 3.05) is 6.54 Å². The largest absolute Gasteiger partial charge is 0.352 e. The second-order valence-corrected chi connectivity index (χ2v) is 7.55. The van der Waals surface area contributed by atoms with Crippen LogP contribution in [0.25, 0.3) is 0 Å². The van der Waals surface area contributed by atoms with Gasteiger partial charge in [0, 0.05) is 10.9 Å². The molecule has 0 bridgehead atoms. The van der Waals surface area contributed by atoms with E-state index >= 15 is 0 Å². The third-order valence-corrected chi connectivity index (χ3v) is 4.71. The molecule has 0 spiro atoms. The first-order valence-electron chi connectivity index (χ1n) is 7.00. The topological polar surface area (TPSA) is 58.2 Å². The molecule has 1 unspecified atom stereocenters. The average molecular weight is 294 g/mol. The minimum atomic E-state index is -0.176. The van der Waals surface area contributed by atoms with Crippen molar-refractivity contribution in [2.45, 2.75) is 46.1 Å². The van der Waals surface area contributed by atoms with Gasteiger partial charge in [-0.15, -0.1) is 11.3 Å². The highest BCUT2D eigenvalue weighted by Crippen LogP contribution is 2.36. The summed E-state index contributed by atoms with van der Waals surface area (Å²) in [5.74, 6) is -0.278. The molecule has 0 saturated heterocycles. The second-order valence-electron chi connectivity index (χ2n) is 6.26. The van der Waals surface area contributed by atoms with E-state index < -0.39 is 0 Å². The summed E-state index contributed by atoms with van der Waals surface area (Å²) in [6.07, 6.45) is 3.17. The number of hydrogen-bond donors (Lipinski definition) is 2. The minimum absolute atomic E-state index is 0.0483. The van der Waals surface area contributed by atoms with Crippen LogP contribution in [0.4, 0.5) is 0 Å². The highest BCUT2D eigenvalue weighted by molar-refractivity contribution is 7.13. The van der Waals surface area contributed by atoms with Gasteiger partial charge in [-0.1, -0.05) is 13.8 Å². The van der Waals surface area contributed by atoms with Gasteiger partial charge in [-0.05, 0) is 43.7 Å². The van der Waals surface area contributed by atoms with Crippen LogP contribution in [0.5, 0.6) is 0 Å². The summed E-state index contributed by atoms with van der Waals surface area (Å²) in [5, 5.41) is 5.66. The predicted molar refractivity (Wildman–Crippen MR) is 81.0 cm³/mol. The van der Waals surface area contributed by atoms with Gasteiger partial charge >= 0.3 is 0 Å². The van der Waals surface area contributed by atoms with Crippen LogP contribution >= 0.6 is 11.3 Å². The van der Waals surface area contributed by atoms with Crippen LogP contribution in [0.1, 0.15) is 47.7 Å². The Hall–Kier alpha value is -1.36. The lowest BCUT2D eigenvalue weighted by Crippen LogP contribution is -2.41. The molecule has 4 nitrogen and oxygen atoms in total. The second kappa shape index (κ2) is 5.95. The number of rotatable bonds is 4. The zero-order chi connectivity index (χ0) is 14.8. The molecule has 20 heavy (non-hydrogen) atoms. The van der Waals surface area contributed by atoms with Gasteiger partial charge in [-0.2, -0.15) is 0 Å². The maximum absolute atomic E-state index is 11.8. The summed E-state index contributed by atoms with van der Waals surface area (Å²) in [6.45, 7) is 6.45. The van der Waals surface area contributed by atoms with Gasteiger partial charge in [0.25, 0.3) is 5.91 Å². The lowest BCUT2D eigenvalue weighted by molar-refractivity contribution is -0.120. The monoisotopic (exact) mass is 294 g/mol. The maximum Gasteiger partial charge on any atom is 0.261 e. The molecule has 2 rings (SSSR count). The van der Waals surface area contributed by atoms with E-state index in [2.05, 4.69) is 24.5 Å². The Balaban J connectivity index is 1.74. The summed E-state index contributed by atoms with van der Waals surface area (Å²) in [6, 6.07) is 3.94. The van der Waals surface area contributed by atoms with Crippen molar-refractivity contribution in [1.82, 2.24) is 10.6 Å². The highest BCUT2D eigenvalue weighted by Gasteiger charge is 2.31. The van der Waals surface area contributed by atoms with Gasteiger partial charge in [0.05, 0.1) is 11.4 Å². The van der Waals surface area contributed by atoms with Crippen LogP contribution < -0.4 is 10.6 Å². The number of carbonyl (C=O) groups excluding carboxylic acids is 2. The Morgan fingerprint density at radius 3 is 2.70 bits per heavy atom. The third-order valence-electron chi connectivity index (χ3n) is 3.71. The first kappa shape index (κ1) is 15.0. The van der Waals surface area contributed by atoms with Crippen molar-refractivity contribution in [2.24, 2.45) is 5.41 Å². The molecular weight excluding hydrogens is 272 g/mol. The van der Waals surface area contributed by atoms with E-state index in [1.807, 2.05) is 13.0 Å². The van der Waals surface area contributed by atoms with Gasteiger partial charge in [0.15, 0.2) is 0 Å². The van der Waals surface area contributed by atoms with Crippen molar-refractivity contribution in [3.8, 4) is 0 Å². The molecular formula is C15H22N2O2S. The van der Waals surface area contributed by atoms with Crippen LogP contribution in [0.3, 0.4) is 0 Å². The summed E-state index contributed by atoms with van der Waals surface area (Å²) in [4.78, 5) is 25.4. The van der Waals surface area contributed by atoms with Crippen molar-refractivity contribution < 1.29 is 9.59 Å². The molecule has 0 aromatic carbocycles. The molecule has 110 valence electrons. The quantitative estimate of drug-likeness (QED) is 0.896. The third kappa shape index (κ3) is 4.07. The van der Waals surface area contributed by atoms with Crippen LogP contribution in [0, 0.1) is 12.3 Å². The van der Waals surface area contributed by atoms with Gasteiger partial charge in [-0.3, -0.25) is 9.59 Å². The molecule has 1 heterocycles. The van der Waals surface area contributed by atoms with E-state index in [1.165, 1.54) is 11.3 Å². The minimum Gasteiger partial charge on any atom is -0.352 e. The fourth-order valence-corrected chi connectivity index (χ4v) is 3.43. The maximum atomic E-state index is 11.8. The Labute approximate surface area is 124 Å². The molecule has 1 fully saturated rings. The number of hydrogen-bond acceptors (Lipinski definition) is 3.